The van der Waals surface area contributed by atoms with Gasteiger partial charge in [-0.25, -0.2) is 9.79 Å². The summed E-state index contributed by atoms with van der Waals surface area (Å²) in [7, 11) is 1.53. The Kier molecular flexibility index (Phi) is 6.75. The Labute approximate surface area is 219 Å². The summed E-state index contributed by atoms with van der Waals surface area (Å²) in [5.41, 5.74) is 1.46. The summed E-state index contributed by atoms with van der Waals surface area (Å²) >= 11 is 1.09. The van der Waals surface area contributed by atoms with Gasteiger partial charge in [0.2, 0.25) is 0 Å². The van der Waals surface area contributed by atoms with E-state index in [1.807, 2.05) is 30.3 Å². The van der Waals surface area contributed by atoms with Crippen LogP contribution in [0.25, 0.3) is 11.8 Å². The van der Waals surface area contributed by atoms with Crippen LogP contribution < -0.4 is 19.6 Å². The van der Waals surface area contributed by atoms with Crippen LogP contribution in [0.3, 0.4) is 0 Å². The molecule has 11 heteroatoms. The second-order valence-electron chi connectivity index (χ2n) is 8.14. The van der Waals surface area contributed by atoms with Crippen LogP contribution in [0.4, 0.5) is 5.88 Å². The third kappa shape index (κ3) is 4.55. The number of esters is 1. The molecule has 0 radical (unpaired) electrons. The van der Waals surface area contributed by atoms with Gasteiger partial charge in [0, 0.05) is 11.6 Å². The van der Waals surface area contributed by atoms with Gasteiger partial charge in [-0.3, -0.25) is 19.5 Å². The molecule has 10 nitrogen and oxygen atoms in total. The van der Waals surface area contributed by atoms with Gasteiger partial charge in [-0.05, 0) is 30.7 Å². The number of aromatic nitrogens is 1. The predicted octanol–water partition coefficient (Wildman–Crippen LogP) is 3.45. The van der Waals surface area contributed by atoms with E-state index in [9.17, 15) is 19.7 Å². The Bertz CT molecular complexity index is 1750. The van der Waals surface area contributed by atoms with Gasteiger partial charge in [-0.15, -0.1) is 0 Å². The standard InChI is InChI=1S/C27H21N3O7S/c1-3-36-26(32)22-23(16-8-5-4-6-9-16)28-27-29(24(22)17-10-7-11-18(14-17)35-2)25(31)20(38-27)15-19-12-13-21(37-19)30(33)34/h4-15,24H,3H2,1-2H3. The average molecular weight is 532 g/mol. The number of hydrogen-bond donors (Lipinski definition) is 0. The molecule has 3 heterocycles. The Morgan fingerprint density at radius 1 is 1.18 bits per heavy atom. The smallest absolute Gasteiger partial charge is 0.433 e. The van der Waals surface area contributed by atoms with Crippen LogP contribution in [-0.4, -0.2) is 29.2 Å². The zero-order valence-corrected chi connectivity index (χ0v) is 21.1. The van der Waals surface area contributed by atoms with E-state index in [-0.39, 0.29) is 22.5 Å². The Morgan fingerprint density at radius 2 is 1.97 bits per heavy atom. The van der Waals surface area contributed by atoms with E-state index in [0.29, 0.717) is 27.4 Å². The largest absolute Gasteiger partial charge is 0.497 e. The van der Waals surface area contributed by atoms with Gasteiger partial charge in [0.05, 0.1) is 41.6 Å². The average Bonchev–Trinajstić information content (AvgIpc) is 3.53. The van der Waals surface area contributed by atoms with Gasteiger partial charge in [-0.2, -0.15) is 0 Å². The molecule has 2 aromatic carbocycles. The highest BCUT2D eigenvalue weighted by Crippen LogP contribution is 2.36. The number of furan rings is 1. The van der Waals surface area contributed by atoms with Crippen molar-refractivity contribution in [2.75, 3.05) is 13.7 Å². The van der Waals surface area contributed by atoms with Crippen molar-refractivity contribution < 1.29 is 23.6 Å². The fourth-order valence-corrected chi connectivity index (χ4v) is 5.20. The number of fused-ring (bicyclic) bond motifs is 1. The first-order valence-corrected chi connectivity index (χ1v) is 12.4. The predicted molar refractivity (Wildman–Crippen MR) is 139 cm³/mol. The van der Waals surface area contributed by atoms with Crippen molar-refractivity contribution in [2.45, 2.75) is 13.0 Å². The summed E-state index contributed by atoms with van der Waals surface area (Å²) in [5.74, 6) is -0.338. The van der Waals surface area contributed by atoms with Gasteiger partial charge in [0.25, 0.3) is 5.56 Å². The molecule has 0 fully saturated rings. The minimum atomic E-state index is -0.872. The number of benzene rings is 2. The van der Waals surface area contributed by atoms with E-state index in [2.05, 4.69) is 0 Å². The molecule has 1 aliphatic heterocycles. The van der Waals surface area contributed by atoms with Crippen LogP contribution in [0, 0.1) is 10.1 Å². The highest BCUT2D eigenvalue weighted by atomic mass is 32.1. The van der Waals surface area contributed by atoms with E-state index >= 15 is 0 Å². The maximum absolute atomic E-state index is 13.8. The zero-order valence-electron chi connectivity index (χ0n) is 20.3. The summed E-state index contributed by atoms with van der Waals surface area (Å²) < 4.78 is 17.7. The van der Waals surface area contributed by atoms with Crippen LogP contribution in [0.5, 0.6) is 5.75 Å². The summed E-state index contributed by atoms with van der Waals surface area (Å²) in [6, 6.07) is 18.0. The summed E-state index contributed by atoms with van der Waals surface area (Å²) in [6.07, 6.45) is 1.43. The molecule has 0 aliphatic carbocycles. The number of carbonyl (C=O) groups excluding carboxylic acids is 1. The van der Waals surface area contributed by atoms with Gasteiger partial charge >= 0.3 is 11.9 Å². The van der Waals surface area contributed by atoms with Crippen molar-refractivity contribution in [1.82, 2.24) is 4.57 Å². The molecule has 2 aromatic heterocycles. The first-order valence-electron chi connectivity index (χ1n) is 11.6. The van der Waals surface area contributed by atoms with E-state index in [1.54, 1.807) is 31.2 Å². The molecule has 1 aliphatic rings. The molecule has 4 aromatic rings. The van der Waals surface area contributed by atoms with E-state index in [1.165, 1.54) is 29.9 Å². The van der Waals surface area contributed by atoms with Crippen molar-refractivity contribution in [3.05, 3.63) is 119 Å². The summed E-state index contributed by atoms with van der Waals surface area (Å²) in [4.78, 5) is 42.7. The molecular weight excluding hydrogens is 510 g/mol. The van der Waals surface area contributed by atoms with E-state index in [0.717, 1.165) is 11.3 Å². The first kappa shape index (κ1) is 24.9. The Morgan fingerprint density at radius 3 is 2.66 bits per heavy atom. The zero-order chi connectivity index (χ0) is 26.8. The molecule has 0 bridgehead atoms. The second kappa shape index (κ2) is 10.3. The van der Waals surface area contributed by atoms with Gasteiger partial charge in [-0.1, -0.05) is 53.8 Å². The number of ether oxygens (including phenoxy) is 2. The molecule has 0 N–H and O–H groups in total. The lowest BCUT2D eigenvalue weighted by Crippen LogP contribution is -2.40. The number of nitrogens with zero attached hydrogens (tertiary/aromatic N) is 3. The fraction of sp³-hybridized carbons (Fsp3) is 0.148. The number of rotatable bonds is 7. The lowest BCUT2D eigenvalue weighted by molar-refractivity contribution is -0.402. The monoisotopic (exact) mass is 531 g/mol. The summed E-state index contributed by atoms with van der Waals surface area (Å²) in [6.45, 7) is 1.84. The van der Waals surface area contributed by atoms with Crippen LogP contribution in [0.2, 0.25) is 0 Å². The number of thiazole rings is 1. The normalized spacial score (nSPS) is 15.1. The van der Waals surface area contributed by atoms with Crippen LogP contribution in [0.1, 0.15) is 29.9 Å². The van der Waals surface area contributed by atoms with Crippen molar-refractivity contribution in [2.24, 2.45) is 4.99 Å². The topological polar surface area (TPSA) is 126 Å². The highest BCUT2D eigenvalue weighted by Gasteiger charge is 2.35. The SMILES string of the molecule is CCOC(=O)C1=C(c2ccccc2)N=c2sc(=Cc3ccc([N+](=O)[O-])o3)c(=O)n2C1c1cccc(OC)c1. The number of nitro groups is 1. The number of methoxy groups -OCH3 is 1. The molecule has 0 saturated heterocycles. The second-order valence-corrected chi connectivity index (χ2v) is 9.15. The van der Waals surface area contributed by atoms with E-state index < -0.39 is 28.4 Å². The minimum absolute atomic E-state index is 0.136. The van der Waals surface area contributed by atoms with Crippen LogP contribution in [0.15, 0.2) is 86.5 Å². The fourth-order valence-electron chi connectivity index (χ4n) is 4.21. The molecule has 0 spiro atoms. The van der Waals surface area contributed by atoms with E-state index in [4.69, 9.17) is 18.9 Å². The van der Waals surface area contributed by atoms with Gasteiger partial charge in [0.15, 0.2) is 4.80 Å². The first-order chi connectivity index (χ1) is 18.4. The van der Waals surface area contributed by atoms with Gasteiger partial charge < -0.3 is 13.9 Å². The number of hydrogen-bond acceptors (Lipinski definition) is 9. The molecule has 38 heavy (non-hydrogen) atoms. The Balaban J connectivity index is 1.82. The van der Waals surface area contributed by atoms with Crippen LogP contribution in [-0.2, 0) is 9.53 Å². The van der Waals surface area contributed by atoms with Crippen molar-refractivity contribution in [1.29, 1.82) is 0 Å². The third-order valence-electron chi connectivity index (χ3n) is 5.85. The lowest BCUT2D eigenvalue weighted by atomic mass is 9.93. The minimum Gasteiger partial charge on any atom is -0.497 e. The van der Waals surface area contributed by atoms with Gasteiger partial charge in [0.1, 0.15) is 16.4 Å². The lowest BCUT2D eigenvalue weighted by Gasteiger charge is -2.26. The molecular formula is C27H21N3O7S. The van der Waals surface area contributed by atoms with Crippen molar-refractivity contribution in [3.63, 3.8) is 0 Å². The Hall–Kier alpha value is -4.77. The van der Waals surface area contributed by atoms with Crippen molar-refractivity contribution in [3.8, 4) is 5.75 Å². The highest BCUT2D eigenvalue weighted by molar-refractivity contribution is 7.07. The maximum Gasteiger partial charge on any atom is 0.433 e. The molecule has 192 valence electrons. The molecule has 5 rings (SSSR count). The number of carbonyl (C=O) groups is 1. The summed E-state index contributed by atoms with van der Waals surface area (Å²) in [5, 5.41) is 11.0. The third-order valence-corrected chi connectivity index (χ3v) is 6.83. The maximum atomic E-state index is 13.8. The quantitative estimate of drug-likeness (QED) is 0.203. The molecule has 0 amide bonds. The molecule has 1 atom stereocenters. The van der Waals surface area contributed by atoms with Crippen LogP contribution >= 0.6 is 11.3 Å². The van der Waals surface area contributed by atoms with Crippen molar-refractivity contribution >= 4 is 35.0 Å². The molecule has 1 unspecified atom stereocenters. The molecule has 0 saturated carbocycles.